The molecule has 1 aliphatic heterocycles. The lowest BCUT2D eigenvalue weighted by atomic mass is 9.88. The van der Waals surface area contributed by atoms with Crippen LogP contribution in [-0.2, 0) is 17.6 Å². The Morgan fingerprint density at radius 1 is 1.17 bits per heavy atom. The summed E-state index contributed by atoms with van der Waals surface area (Å²) >= 11 is 0. The van der Waals surface area contributed by atoms with E-state index in [1.165, 1.54) is 5.56 Å². The minimum atomic E-state index is -0.0957. The van der Waals surface area contributed by atoms with E-state index in [-0.39, 0.29) is 17.6 Å². The number of likely N-dealkylation sites (tertiary alicyclic amines) is 1. The number of Topliss-reactive ketones (excluding diaryl/α,β-unsaturated/α-hetero) is 1. The van der Waals surface area contributed by atoms with Crippen LogP contribution in [0.4, 0.5) is 5.95 Å². The van der Waals surface area contributed by atoms with Gasteiger partial charge in [-0.2, -0.15) is 0 Å². The monoisotopic (exact) mass is 392 g/mol. The van der Waals surface area contributed by atoms with E-state index >= 15 is 0 Å². The lowest BCUT2D eigenvalue weighted by Crippen LogP contribution is -2.39. The number of hydrogen-bond donors (Lipinski definition) is 1. The third-order valence-electron chi connectivity index (χ3n) is 5.94. The number of nitrogens with one attached hydrogen (secondary N) is 1. The molecule has 1 fully saturated rings. The van der Waals surface area contributed by atoms with Crippen molar-refractivity contribution in [1.29, 1.82) is 0 Å². The number of anilines is 1. The molecule has 2 heterocycles. The third kappa shape index (κ3) is 5.07. The number of nitrogens with zero attached hydrogens (tertiary/aromatic N) is 3. The SMILES string of the molecule is C[C@H]1CC(=O)c2cnc(NC(=O)CN3CCC(Cc4ccccc4)CC3)nc2C1. The van der Waals surface area contributed by atoms with Crippen LogP contribution in [0.1, 0.15) is 47.8 Å². The minimum Gasteiger partial charge on any atom is -0.294 e. The fraction of sp³-hybridized carbons (Fsp3) is 0.478. The average molecular weight is 393 g/mol. The number of carbonyl (C=O) groups excluding carboxylic acids is 2. The van der Waals surface area contributed by atoms with Gasteiger partial charge in [0.1, 0.15) is 0 Å². The number of carbonyl (C=O) groups is 2. The van der Waals surface area contributed by atoms with Crippen LogP contribution in [-0.4, -0.2) is 46.2 Å². The Hall–Kier alpha value is -2.60. The lowest BCUT2D eigenvalue weighted by molar-refractivity contribution is -0.117. The summed E-state index contributed by atoms with van der Waals surface area (Å²) in [6, 6.07) is 10.6. The van der Waals surface area contributed by atoms with Gasteiger partial charge < -0.3 is 0 Å². The van der Waals surface area contributed by atoms with Gasteiger partial charge in [-0.25, -0.2) is 9.97 Å². The molecule has 1 aromatic heterocycles. The van der Waals surface area contributed by atoms with Gasteiger partial charge in [0, 0.05) is 12.6 Å². The summed E-state index contributed by atoms with van der Waals surface area (Å²) < 4.78 is 0. The Balaban J connectivity index is 1.26. The van der Waals surface area contributed by atoms with E-state index in [1.54, 1.807) is 6.20 Å². The van der Waals surface area contributed by atoms with Crippen molar-refractivity contribution in [2.75, 3.05) is 25.0 Å². The standard InChI is InChI=1S/C23H28N4O2/c1-16-11-20-19(21(28)12-16)14-24-23(25-20)26-22(29)15-27-9-7-18(8-10-27)13-17-5-3-2-4-6-17/h2-6,14,16,18H,7-13,15H2,1H3,(H,24,25,26,29)/t16-/m1/s1. The predicted octanol–water partition coefficient (Wildman–Crippen LogP) is 3.13. The molecular formula is C23H28N4O2. The van der Waals surface area contributed by atoms with Crippen molar-refractivity contribution in [2.45, 2.75) is 39.0 Å². The van der Waals surface area contributed by atoms with Gasteiger partial charge >= 0.3 is 0 Å². The summed E-state index contributed by atoms with van der Waals surface area (Å²) in [7, 11) is 0. The van der Waals surface area contributed by atoms with Gasteiger partial charge in [0.25, 0.3) is 0 Å². The number of aromatic nitrogens is 2. The molecule has 1 amide bonds. The zero-order chi connectivity index (χ0) is 20.2. The smallest absolute Gasteiger partial charge is 0.240 e. The van der Waals surface area contributed by atoms with Crippen LogP contribution in [0.25, 0.3) is 0 Å². The van der Waals surface area contributed by atoms with Crippen molar-refractivity contribution in [3.8, 4) is 0 Å². The van der Waals surface area contributed by atoms with Gasteiger partial charge in [-0.3, -0.25) is 19.8 Å². The van der Waals surface area contributed by atoms with Gasteiger partial charge in [-0.15, -0.1) is 0 Å². The molecule has 1 saturated heterocycles. The Bertz CT molecular complexity index is 876. The molecule has 2 aliphatic rings. The van der Waals surface area contributed by atoms with E-state index in [0.29, 0.717) is 30.4 Å². The lowest BCUT2D eigenvalue weighted by Gasteiger charge is -2.31. The molecule has 6 nitrogen and oxygen atoms in total. The Morgan fingerprint density at radius 2 is 1.93 bits per heavy atom. The average Bonchev–Trinajstić information content (AvgIpc) is 2.70. The molecule has 0 saturated carbocycles. The number of ketones is 1. The molecule has 1 aromatic carbocycles. The van der Waals surface area contributed by atoms with Gasteiger partial charge in [0.2, 0.25) is 11.9 Å². The Kier molecular flexibility index (Phi) is 6.00. The molecule has 2 aromatic rings. The van der Waals surface area contributed by atoms with Gasteiger partial charge in [-0.1, -0.05) is 37.3 Å². The van der Waals surface area contributed by atoms with Crippen LogP contribution in [0.2, 0.25) is 0 Å². The number of hydrogen-bond acceptors (Lipinski definition) is 5. The van der Waals surface area contributed by atoms with Gasteiger partial charge in [-0.05, 0) is 56.2 Å². The van der Waals surface area contributed by atoms with Crippen molar-refractivity contribution in [3.63, 3.8) is 0 Å². The molecule has 0 spiro atoms. The van der Waals surface area contributed by atoms with Crippen LogP contribution in [0, 0.1) is 11.8 Å². The molecule has 4 rings (SSSR count). The summed E-state index contributed by atoms with van der Waals surface area (Å²) in [6.45, 7) is 4.26. The second-order valence-corrected chi connectivity index (χ2v) is 8.45. The van der Waals surface area contributed by atoms with Crippen LogP contribution in [0.5, 0.6) is 0 Å². The molecule has 1 atom stereocenters. The van der Waals surface area contributed by atoms with E-state index in [0.717, 1.165) is 44.5 Å². The molecular weight excluding hydrogens is 364 g/mol. The highest BCUT2D eigenvalue weighted by atomic mass is 16.2. The van der Waals surface area contributed by atoms with Crippen LogP contribution in [0.3, 0.4) is 0 Å². The zero-order valence-corrected chi connectivity index (χ0v) is 16.9. The van der Waals surface area contributed by atoms with E-state index in [2.05, 4.69) is 50.5 Å². The quantitative estimate of drug-likeness (QED) is 0.846. The number of piperidine rings is 1. The number of amides is 1. The Labute approximate surface area is 171 Å². The molecule has 29 heavy (non-hydrogen) atoms. The largest absolute Gasteiger partial charge is 0.294 e. The van der Waals surface area contributed by atoms with Crippen LogP contribution in [0.15, 0.2) is 36.5 Å². The van der Waals surface area contributed by atoms with E-state index in [1.807, 2.05) is 6.92 Å². The summed E-state index contributed by atoms with van der Waals surface area (Å²) in [4.78, 5) is 35.3. The highest BCUT2D eigenvalue weighted by Crippen LogP contribution is 2.24. The first-order valence-corrected chi connectivity index (χ1v) is 10.5. The fourth-order valence-electron chi connectivity index (χ4n) is 4.36. The normalized spacial score (nSPS) is 20.3. The molecule has 6 heteroatoms. The first kappa shape index (κ1) is 19.7. The maximum Gasteiger partial charge on any atom is 0.240 e. The van der Waals surface area contributed by atoms with E-state index in [4.69, 9.17) is 0 Å². The molecule has 0 radical (unpaired) electrons. The molecule has 1 N–H and O–H groups in total. The van der Waals surface area contributed by atoms with Crippen molar-refractivity contribution in [1.82, 2.24) is 14.9 Å². The summed E-state index contributed by atoms with van der Waals surface area (Å²) in [5.41, 5.74) is 2.74. The molecule has 1 aliphatic carbocycles. The third-order valence-corrected chi connectivity index (χ3v) is 5.94. The first-order valence-electron chi connectivity index (χ1n) is 10.5. The van der Waals surface area contributed by atoms with E-state index < -0.39 is 0 Å². The second kappa shape index (κ2) is 8.82. The van der Waals surface area contributed by atoms with Gasteiger partial charge in [0.15, 0.2) is 5.78 Å². The summed E-state index contributed by atoms with van der Waals surface area (Å²) in [6.07, 6.45) is 6.18. The zero-order valence-electron chi connectivity index (χ0n) is 16.9. The van der Waals surface area contributed by atoms with Crippen molar-refractivity contribution in [3.05, 3.63) is 53.3 Å². The fourth-order valence-corrected chi connectivity index (χ4v) is 4.36. The van der Waals surface area contributed by atoms with Crippen LogP contribution >= 0.6 is 0 Å². The maximum atomic E-state index is 12.5. The topological polar surface area (TPSA) is 75.2 Å². The Morgan fingerprint density at radius 3 is 2.69 bits per heavy atom. The van der Waals surface area contributed by atoms with Crippen LogP contribution < -0.4 is 5.32 Å². The van der Waals surface area contributed by atoms with Crippen molar-refractivity contribution in [2.24, 2.45) is 11.8 Å². The predicted molar refractivity (Wildman–Crippen MR) is 112 cm³/mol. The van der Waals surface area contributed by atoms with E-state index in [9.17, 15) is 9.59 Å². The summed E-state index contributed by atoms with van der Waals surface area (Å²) in [5, 5.41) is 2.81. The first-order chi connectivity index (χ1) is 14.1. The van der Waals surface area contributed by atoms with Crippen molar-refractivity contribution >= 4 is 17.6 Å². The summed E-state index contributed by atoms with van der Waals surface area (Å²) in [5.74, 6) is 1.26. The van der Waals surface area contributed by atoms with Crippen molar-refractivity contribution < 1.29 is 9.59 Å². The molecule has 0 unspecified atom stereocenters. The highest BCUT2D eigenvalue weighted by Gasteiger charge is 2.25. The molecule has 0 bridgehead atoms. The number of benzene rings is 1. The number of fused-ring (bicyclic) bond motifs is 1. The number of rotatable bonds is 5. The minimum absolute atomic E-state index is 0.0926. The molecule has 152 valence electrons. The maximum absolute atomic E-state index is 12.5. The highest BCUT2D eigenvalue weighted by molar-refractivity contribution is 5.98. The second-order valence-electron chi connectivity index (χ2n) is 8.45. The van der Waals surface area contributed by atoms with Gasteiger partial charge in [0.05, 0.1) is 17.8 Å².